The molecule has 1 aromatic rings. The molecule has 3 unspecified atom stereocenters. The SMILES string of the molecule is CCNC(c1cn(C)nc1C)C1CC(C)CC(C)C1. The molecule has 1 aliphatic carbocycles. The molecule has 1 heterocycles. The summed E-state index contributed by atoms with van der Waals surface area (Å²) in [6, 6.07) is 0.476. The normalized spacial score (nSPS) is 29.4. The van der Waals surface area contributed by atoms with Gasteiger partial charge in [0.05, 0.1) is 5.69 Å². The summed E-state index contributed by atoms with van der Waals surface area (Å²) in [4.78, 5) is 0. The molecule has 1 aliphatic rings. The standard InChI is InChI=1S/C16H29N3/c1-6-17-16(15-10-19(5)18-13(15)4)14-8-11(2)7-12(3)9-14/h10-12,14,16-17H,6-9H2,1-5H3. The number of aromatic nitrogens is 2. The molecule has 108 valence electrons. The highest BCUT2D eigenvalue weighted by molar-refractivity contribution is 5.21. The molecule has 0 aliphatic heterocycles. The molecule has 0 saturated heterocycles. The molecule has 1 saturated carbocycles. The van der Waals surface area contributed by atoms with Crippen LogP contribution < -0.4 is 5.32 Å². The van der Waals surface area contributed by atoms with Gasteiger partial charge in [0.1, 0.15) is 0 Å². The second kappa shape index (κ2) is 6.08. The Kier molecular flexibility index (Phi) is 4.67. The topological polar surface area (TPSA) is 29.9 Å². The number of nitrogens with one attached hydrogen (secondary N) is 1. The quantitative estimate of drug-likeness (QED) is 0.901. The molecule has 0 bridgehead atoms. The van der Waals surface area contributed by atoms with Crippen molar-refractivity contribution in [1.29, 1.82) is 0 Å². The first kappa shape index (κ1) is 14.6. The predicted octanol–water partition coefficient (Wildman–Crippen LogP) is 3.45. The van der Waals surface area contributed by atoms with Crippen LogP contribution in [-0.4, -0.2) is 16.3 Å². The second-order valence-electron chi connectivity index (χ2n) is 6.56. The van der Waals surface area contributed by atoms with Crippen molar-refractivity contribution in [3.63, 3.8) is 0 Å². The van der Waals surface area contributed by atoms with E-state index in [1.165, 1.54) is 30.5 Å². The van der Waals surface area contributed by atoms with E-state index in [1.54, 1.807) is 0 Å². The van der Waals surface area contributed by atoms with E-state index in [0.717, 1.165) is 24.3 Å². The molecule has 0 spiro atoms. The van der Waals surface area contributed by atoms with Crippen molar-refractivity contribution in [1.82, 2.24) is 15.1 Å². The van der Waals surface area contributed by atoms with Crippen molar-refractivity contribution in [2.24, 2.45) is 24.8 Å². The molecule has 1 fully saturated rings. The Morgan fingerprint density at radius 3 is 2.42 bits per heavy atom. The van der Waals surface area contributed by atoms with Crippen molar-refractivity contribution in [2.45, 2.75) is 53.0 Å². The monoisotopic (exact) mass is 263 g/mol. The van der Waals surface area contributed by atoms with Crippen molar-refractivity contribution >= 4 is 0 Å². The molecule has 0 amide bonds. The highest BCUT2D eigenvalue weighted by atomic mass is 15.3. The molecule has 1 N–H and O–H groups in total. The van der Waals surface area contributed by atoms with Gasteiger partial charge in [0.15, 0.2) is 0 Å². The Balaban J connectivity index is 2.22. The van der Waals surface area contributed by atoms with Crippen LogP contribution in [0.15, 0.2) is 6.20 Å². The number of hydrogen-bond acceptors (Lipinski definition) is 2. The van der Waals surface area contributed by atoms with Gasteiger partial charge in [-0.25, -0.2) is 0 Å². The maximum absolute atomic E-state index is 4.52. The van der Waals surface area contributed by atoms with E-state index in [2.05, 4.69) is 44.3 Å². The van der Waals surface area contributed by atoms with Crippen LogP contribution in [0.3, 0.4) is 0 Å². The van der Waals surface area contributed by atoms with Gasteiger partial charge in [0, 0.05) is 24.8 Å². The van der Waals surface area contributed by atoms with Gasteiger partial charge in [0.2, 0.25) is 0 Å². The fourth-order valence-corrected chi connectivity index (χ4v) is 3.96. The van der Waals surface area contributed by atoms with Gasteiger partial charge in [0.25, 0.3) is 0 Å². The lowest BCUT2D eigenvalue weighted by Gasteiger charge is -2.37. The van der Waals surface area contributed by atoms with Crippen LogP contribution in [0.4, 0.5) is 0 Å². The third kappa shape index (κ3) is 3.38. The van der Waals surface area contributed by atoms with E-state index >= 15 is 0 Å². The molecular weight excluding hydrogens is 234 g/mol. The average Bonchev–Trinajstić information content (AvgIpc) is 2.64. The zero-order chi connectivity index (χ0) is 14.0. The van der Waals surface area contributed by atoms with E-state index in [9.17, 15) is 0 Å². The smallest absolute Gasteiger partial charge is 0.0641 e. The number of nitrogens with zero attached hydrogens (tertiary/aromatic N) is 2. The summed E-state index contributed by atoms with van der Waals surface area (Å²) in [6.45, 7) is 10.2. The number of rotatable bonds is 4. The van der Waals surface area contributed by atoms with Crippen LogP contribution >= 0.6 is 0 Å². The molecule has 0 aromatic carbocycles. The highest BCUT2D eigenvalue weighted by Gasteiger charge is 2.31. The Hall–Kier alpha value is -0.830. The fraction of sp³-hybridized carbons (Fsp3) is 0.812. The number of aryl methyl sites for hydroxylation is 2. The Labute approximate surface area is 117 Å². The van der Waals surface area contributed by atoms with E-state index in [4.69, 9.17) is 0 Å². The molecule has 3 heteroatoms. The van der Waals surface area contributed by atoms with Crippen LogP contribution in [0, 0.1) is 24.7 Å². The minimum absolute atomic E-state index is 0.476. The maximum atomic E-state index is 4.52. The summed E-state index contributed by atoms with van der Waals surface area (Å²) in [7, 11) is 2.02. The van der Waals surface area contributed by atoms with Gasteiger partial charge in [-0.15, -0.1) is 0 Å². The summed E-state index contributed by atoms with van der Waals surface area (Å²) < 4.78 is 1.95. The van der Waals surface area contributed by atoms with Crippen molar-refractivity contribution in [3.05, 3.63) is 17.5 Å². The molecule has 19 heavy (non-hydrogen) atoms. The second-order valence-corrected chi connectivity index (χ2v) is 6.56. The summed E-state index contributed by atoms with van der Waals surface area (Å²) >= 11 is 0. The van der Waals surface area contributed by atoms with Crippen LogP contribution in [0.25, 0.3) is 0 Å². The highest BCUT2D eigenvalue weighted by Crippen LogP contribution is 2.40. The summed E-state index contributed by atoms with van der Waals surface area (Å²) in [5, 5.41) is 8.23. The molecule has 0 radical (unpaired) electrons. The zero-order valence-corrected chi connectivity index (χ0v) is 13.1. The van der Waals surface area contributed by atoms with Crippen LogP contribution in [0.5, 0.6) is 0 Å². The Morgan fingerprint density at radius 2 is 1.95 bits per heavy atom. The summed E-state index contributed by atoms with van der Waals surface area (Å²) in [5.74, 6) is 2.46. The van der Waals surface area contributed by atoms with Gasteiger partial charge in [-0.2, -0.15) is 5.10 Å². The third-order valence-corrected chi connectivity index (χ3v) is 4.50. The van der Waals surface area contributed by atoms with Gasteiger partial charge < -0.3 is 5.32 Å². The lowest BCUT2D eigenvalue weighted by atomic mass is 9.72. The average molecular weight is 263 g/mol. The maximum Gasteiger partial charge on any atom is 0.0641 e. The largest absolute Gasteiger partial charge is 0.310 e. The van der Waals surface area contributed by atoms with Gasteiger partial charge in [-0.3, -0.25) is 4.68 Å². The van der Waals surface area contributed by atoms with Gasteiger partial charge in [-0.1, -0.05) is 20.8 Å². The number of hydrogen-bond donors (Lipinski definition) is 1. The van der Waals surface area contributed by atoms with Crippen LogP contribution in [0.2, 0.25) is 0 Å². The predicted molar refractivity (Wildman–Crippen MR) is 80.0 cm³/mol. The summed E-state index contributed by atoms with van der Waals surface area (Å²) in [6.07, 6.45) is 6.28. The molecule has 1 aromatic heterocycles. The lowest BCUT2D eigenvalue weighted by molar-refractivity contribution is 0.177. The molecule has 2 rings (SSSR count). The zero-order valence-electron chi connectivity index (χ0n) is 13.1. The lowest BCUT2D eigenvalue weighted by Crippen LogP contribution is -2.33. The van der Waals surface area contributed by atoms with Crippen molar-refractivity contribution in [2.75, 3.05) is 6.54 Å². The third-order valence-electron chi connectivity index (χ3n) is 4.50. The first-order valence-electron chi connectivity index (χ1n) is 7.74. The van der Waals surface area contributed by atoms with E-state index < -0.39 is 0 Å². The van der Waals surface area contributed by atoms with E-state index in [1.807, 2.05) is 11.7 Å². The Morgan fingerprint density at radius 1 is 1.32 bits per heavy atom. The summed E-state index contributed by atoms with van der Waals surface area (Å²) in [5.41, 5.74) is 2.58. The van der Waals surface area contributed by atoms with E-state index in [0.29, 0.717) is 6.04 Å². The van der Waals surface area contributed by atoms with Crippen molar-refractivity contribution in [3.8, 4) is 0 Å². The fourth-order valence-electron chi connectivity index (χ4n) is 3.96. The first-order valence-corrected chi connectivity index (χ1v) is 7.74. The van der Waals surface area contributed by atoms with Gasteiger partial charge in [-0.05, 0) is 50.5 Å². The Bertz CT molecular complexity index is 400. The minimum Gasteiger partial charge on any atom is -0.310 e. The van der Waals surface area contributed by atoms with Crippen LogP contribution in [0.1, 0.15) is 57.3 Å². The molecule has 3 atom stereocenters. The molecular formula is C16H29N3. The van der Waals surface area contributed by atoms with Gasteiger partial charge >= 0.3 is 0 Å². The van der Waals surface area contributed by atoms with Crippen molar-refractivity contribution < 1.29 is 0 Å². The minimum atomic E-state index is 0.476. The van der Waals surface area contributed by atoms with Crippen LogP contribution in [-0.2, 0) is 7.05 Å². The molecule has 3 nitrogen and oxygen atoms in total. The first-order chi connectivity index (χ1) is 9.01. The van der Waals surface area contributed by atoms with E-state index in [-0.39, 0.29) is 0 Å².